The van der Waals surface area contributed by atoms with Gasteiger partial charge in [-0.2, -0.15) is 0 Å². The molecule has 0 aromatic heterocycles. The molecule has 19 N–H and O–H groups in total. The molecule has 1 amide bonds. The third-order valence-electron chi connectivity index (χ3n) is 27.5. The Morgan fingerprint density at radius 3 is 1.86 bits per heavy atom. The van der Waals surface area contributed by atoms with E-state index in [-0.39, 0.29) is 38.2 Å². The van der Waals surface area contributed by atoms with Crippen LogP contribution in [0.2, 0.25) is 0 Å². The largest absolute Gasteiger partial charge is 0.481 e. The average Bonchev–Trinajstić information content (AvgIpc) is 0.954. The van der Waals surface area contributed by atoms with Gasteiger partial charge in [0.2, 0.25) is 12.2 Å². The van der Waals surface area contributed by atoms with Gasteiger partial charge < -0.3 is 168 Å². The molecule has 4 saturated carbocycles. The van der Waals surface area contributed by atoms with E-state index in [2.05, 4.69) is 32.2 Å². The first-order valence-corrected chi connectivity index (χ1v) is 38.4. The number of esters is 1. The van der Waals surface area contributed by atoms with Gasteiger partial charge in [0, 0.05) is 6.42 Å². The van der Waals surface area contributed by atoms with Gasteiger partial charge in [-0.25, -0.2) is 4.79 Å². The van der Waals surface area contributed by atoms with Gasteiger partial charge in [0.15, 0.2) is 49.9 Å². The molecule has 11 fully saturated rings. The van der Waals surface area contributed by atoms with Crippen LogP contribution in [0.15, 0.2) is 11.6 Å². The summed E-state index contributed by atoms with van der Waals surface area (Å²) in [4.78, 5) is 68.2. The Labute approximate surface area is 638 Å². The van der Waals surface area contributed by atoms with E-state index in [1.54, 1.807) is 13.8 Å². The minimum absolute atomic E-state index is 0.0225. The molecule has 12 rings (SSSR count). The minimum Gasteiger partial charge on any atom is -0.481 e. The molecule has 40 atom stereocenters. The lowest BCUT2D eigenvalue weighted by molar-refractivity contribution is -0.379. The van der Waals surface area contributed by atoms with Gasteiger partial charge in [0.25, 0.3) is 0 Å². The summed E-state index contributed by atoms with van der Waals surface area (Å²) in [5.41, 5.74) is -6.82. The number of ether oxygens (including phenoxy) is 14. The van der Waals surface area contributed by atoms with Crippen molar-refractivity contribution in [1.82, 2.24) is 5.32 Å². The zero-order valence-corrected chi connectivity index (χ0v) is 63.1. The summed E-state index contributed by atoms with van der Waals surface area (Å²) in [5, 5.41) is 201. The first kappa shape index (κ1) is 86.5. The topological polar surface area (TPSA) is 591 Å². The standard InChI is InChI=1S/C73H113NO37/c1-9-72(97)27-100-65(57(72)93)108-54-32(79)25-99-60(52(54)92)107-53-28(2)101-61(51(91)48(53)88)110-56-46(86)43(74-41(81)19-42(82)83)35(22-75)104-64(56)111-66(96)73-17-16-67(3,4)20-30(73)29-10-11-38-68(5)14-13-40(69(6,26-77)37(68)12-15-70(38,7)71(29,8)21-39(73)80)106-63-55(109-62-50(90)47(87)45(85)36(23-76)105-62)33(18-34(103-63)58(94)95)102-59-49(89)44(84)31(78)24-98-59/h10,26,28,30-40,43-57,59-65,75-76,78-80,84-93,97H,9,11-25,27H2,1-8H3,(H,74,81)(H,82,83)(H,94,95)/t28?,30?,31-,32-,33-,34?,35?,36?,37+,38?,39?,40-,43-,44-,45-,46?,47-,48?,49?,50?,51?,52?,53-,54?,55?,56?,57?,59-,60-,61-,62-,63-,64-,65+,68?,69+,70-,71+,72-,73+/m0/s1. The third-order valence-corrected chi connectivity index (χ3v) is 27.5. The van der Waals surface area contributed by atoms with Crippen LogP contribution in [0.1, 0.15) is 132 Å². The molecule has 38 nitrogen and oxygen atoms in total. The molecular weight excluding hydrogens is 1480 g/mol. The second-order valence-corrected chi connectivity index (χ2v) is 34.5. The highest BCUT2D eigenvalue weighted by Gasteiger charge is 2.73. The molecule has 0 spiro atoms. The van der Waals surface area contributed by atoms with Crippen LogP contribution in [-0.4, -0.2) is 351 Å². The van der Waals surface area contributed by atoms with Crippen LogP contribution in [-0.2, 0) is 90.3 Å². The van der Waals surface area contributed by atoms with Gasteiger partial charge in [-0.1, -0.05) is 60.1 Å². The van der Waals surface area contributed by atoms with E-state index in [0.717, 1.165) is 11.9 Å². The molecule has 111 heavy (non-hydrogen) atoms. The van der Waals surface area contributed by atoms with Crippen molar-refractivity contribution in [1.29, 1.82) is 0 Å². The van der Waals surface area contributed by atoms with Crippen LogP contribution in [0.25, 0.3) is 0 Å². The fourth-order valence-electron chi connectivity index (χ4n) is 20.7. The fraction of sp³-hybridized carbons (Fsp3) is 0.904. The van der Waals surface area contributed by atoms with E-state index in [9.17, 15) is 111 Å². The quantitative estimate of drug-likeness (QED) is 0.0158. The van der Waals surface area contributed by atoms with E-state index < -0.39 is 303 Å². The summed E-state index contributed by atoms with van der Waals surface area (Å²) in [7, 11) is 0. The molecular formula is C73H113NO37. The lowest BCUT2D eigenvalue weighted by Gasteiger charge is -2.71. The first-order valence-electron chi connectivity index (χ1n) is 38.4. The van der Waals surface area contributed by atoms with E-state index in [1.807, 2.05) is 13.8 Å². The summed E-state index contributed by atoms with van der Waals surface area (Å²) in [6.07, 6.45) is -48.5. The SMILES string of the molecule is CC[C@]1(O)CO[C@H](OC2C(O)[C@H](O[C@H]3C(C)O[C@@H](OC4C(O)[C@@H](NC(=O)CC(=O)O)C(CO)O[C@H]4OC(=O)[C@]45CCC(C)(C)CC4C4=CCC6C7(C)CC[C@H](O[C@@H]8OC(C(=O)O)C[C@H](O[C@@H]9OC[C@H](O)[C@H](O)C9O)C8O[C@@H]8OC(CO)[C@H](O)[C@H](O)C8O)[C@](C)(C=O)[C@@H]7CC[C@]6(C)[C@]4(C)CC5O)C(O)C3O)OC[C@@H]2O)C1O. The number of aldehydes is 1. The smallest absolute Gasteiger partial charge is 0.333 e. The first-order chi connectivity index (χ1) is 52.1. The van der Waals surface area contributed by atoms with Gasteiger partial charge in [-0.3, -0.25) is 14.4 Å². The Kier molecular flexibility index (Phi) is 25.5. The fourth-order valence-corrected chi connectivity index (χ4v) is 20.7. The van der Waals surface area contributed by atoms with Crippen LogP contribution < -0.4 is 5.32 Å². The van der Waals surface area contributed by atoms with E-state index in [0.29, 0.717) is 38.5 Å². The number of fused-ring (bicyclic) bond motifs is 7. The number of carboxylic acids is 2. The number of aliphatic hydroxyl groups is 16. The number of carboxylic acid groups (broad SMARTS) is 2. The molecule has 5 aliphatic carbocycles. The molecule has 0 aromatic rings. The van der Waals surface area contributed by atoms with Gasteiger partial charge >= 0.3 is 17.9 Å². The van der Waals surface area contributed by atoms with E-state index >= 15 is 4.79 Å². The molecule has 0 radical (unpaired) electrons. The van der Waals surface area contributed by atoms with Crippen LogP contribution in [0.3, 0.4) is 0 Å². The number of hydrogen-bond donors (Lipinski definition) is 19. The number of carbonyl (C=O) groups is 5. The maximum atomic E-state index is 16.0. The summed E-state index contributed by atoms with van der Waals surface area (Å²) < 4.78 is 84.6. The zero-order chi connectivity index (χ0) is 81.1. The van der Waals surface area contributed by atoms with Crippen molar-refractivity contribution in [3.8, 4) is 0 Å². The minimum atomic E-state index is -2.15. The van der Waals surface area contributed by atoms with Crippen molar-refractivity contribution in [2.45, 2.75) is 329 Å². The normalized spacial score (nSPS) is 51.8. The maximum Gasteiger partial charge on any atom is 0.333 e. The predicted octanol–water partition coefficient (Wildman–Crippen LogP) is -5.33. The number of rotatable bonds is 22. The number of aliphatic carboxylic acids is 2. The number of hydrogen-bond acceptors (Lipinski definition) is 35. The van der Waals surface area contributed by atoms with Crippen molar-refractivity contribution in [3.63, 3.8) is 0 Å². The molecule has 0 aromatic carbocycles. The van der Waals surface area contributed by atoms with Gasteiger partial charge in [-0.05, 0) is 111 Å². The molecule has 12 aliphatic rings. The van der Waals surface area contributed by atoms with Crippen LogP contribution in [0.4, 0.5) is 0 Å². The highest BCUT2D eigenvalue weighted by Crippen LogP contribution is 2.76. The molecule has 18 unspecified atom stereocenters. The second kappa shape index (κ2) is 32.8. The van der Waals surface area contributed by atoms with Gasteiger partial charge in [0.1, 0.15) is 127 Å². The van der Waals surface area contributed by atoms with Crippen molar-refractivity contribution in [3.05, 3.63) is 11.6 Å². The Hall–Kier alpha value is -3.87. The molecule has 7 heterocycles. The molecule has 632 valence electrons. The number of allylic oxidation sites excluding steroid dienone is 2. The molecule has 7 saturated heterocycles. The third kappa shape index (κ3) is 15.4. The second-order valence-electron chi connectivity index (χ2n) is 34.5. The number of carbonyl (C=O) groups excluding carboxylic acids is 3. The average molecular weight is 1600 g/mol. The summed E-state index contributed by atoms with van der Waals surface area (Å²) >= 11 is 0. The molecule has 38 heteroatoms. The van der Waals surface area contributed by atoms with Crippen molar-refractivity contribution < 1.29 is 182 Å². The number of aliphatic hydroxyl groups excluding tert-OH is 15. The van der Waals surface area contributed by atoms with E-state index in [4.69, 9.17) is 66.3 Å². The lowest BCUT2D eigenvalue weighted by Crippen LogP contribution is -2.70. The number of amides is 1. The monoisotopic (exact) mass is 1600 g/mol. The predicted molar refractivity (Wildman–Crippen MR) is 364 cm³/mol. The van der Waals surface area contributed by atoms with Crippen molar-refractivity contribution in [2.75, 3.05) is 33.0 Å². The van der Waals surface area contributed by atoms with E-state index in [1.165, 1.54) is 6.92 Å². The summed E-state index contributed by atoms with van der Waals surface area (Å²) in [6, 6.07) is -1.71. The van der Waals surface area contributed by atoms with Crippen molar-refractivity contribution >= 4 is 30.1 Å². The Morgan fingerprint density at radius 2 is 1.22 bits per heavy atom. The maximum absolute atomic E-state index is 16.0. The Balaban J connectivity index is 0.801. The van der Waals surface area contributed by atoms with Gasteiger partial charge in [0.05, 0.1) is 68.9 Å². The Morgan fingerprint density at radius 1 is 0.595 bits per heavy atom. The van der Waals surface area contributed by atoms with Crippen LogP contribution in [0.5, 0.6) is 0 Å². The van der Waals surface area contributed by atoms with Crippen LogP contribution in [0, 0.1) is 50.2 Å². The van der Waals surface area contributed by atoms with Gasteiger partial charge in [-0.15, -0.1) is 0 Å². The van der Waals surface area contributed by atoms with Crippen molar-refractivity contribution in [2.24, 2.45) is 50.2 Å². The summed E-state index contributed by atoms with van der Waals surface area (Å²) in [5.74, 6) is -6.75. The highest BCUT2D eigenvalue weighted by atomic mass is 16.8. The molecule has 0 bridgehead atoms. The highest BCUT2D eigenvalue weighted by molar-refractivity contribution is 5.93. The summed E-state index contributed by atoms with van der Waals surface area (Å²) in [6.45, 7) is 11.9. The zero-order valence-electron chi connectivity index (χ0n) is 63.1. The van der Waals surface area contributed by atoms with Crippen LogP contribution >= 0.6 is 0 Å². The lowest BCUT2D eigenvalue weighted by atomic mass is 9.33. The number of nitrogens with one attached hydrogen (secondary N) is 1. The molecule has 7 aliphatic heterocycles. The Bertz CT molecular complexity index is 3340.